The summed E-state index contributed by atoms with van der Waals surface area (Å²) in [5.41, 5.74) is 1.20. The fourth-order valence-corrected chi connectivity index (χ4v) is 3.34. The van der Waals surface area contributed by atoms with E-state index in [-0.39, 0.29) is 5.75 Å². The minimum Gasteiger partial charge on any atom is -0.504 e. The van der Waals surface area contributed by atoms with Crippen LogP contribution in [0.1, 0.15) is 18.4 Å². The van der Waals surface area contributed by atoms with Crippen LogP contribution >= 0.6 is 0 Å². The summed E-state index contributed by atoms with van der Waals surface area (Å²) >= 11 is 0. The number of nitrogens with zero attached hydrogens (tertiary/aromatic N) is 1. The molecular weight excluding hydrogens is 240 g/mol. The number of hydrogen-bond acceptors (Lipinski definition) is 4. The molecule has 1 aromatic rings. The number of piperidine rings is 1. The van der Waals surface area contributed by atoms with Gasteiger partial charge in [0.15, 0.2) is 11.5 Å². The van der Waals surface area contributed by atoms with Crippen molar-refractivity contribution >= 4 is 0 Å². The summed E-state index contributed by atoms with van der Waals surface area (Å²) in [5.74, 6) is 1.59. The molecule has 0 aromatic heterocycles. The van der Waals surface area contributed by atoms with Crippen molar-refractivity contribution in [2.75, 3.05) is 26.7 Å². The highest BCUT2D eigenvalue weighted by Gasteiger charge is 2.33. The number of fused-ring (bicyclic) bond motifs is 1. The maximum absolute atomic E-state index is 9.62. The molecule has 2 atom stereocenters. The van der Waals surface area contributed by atoms with Crippen LogP contribution in [0.4, 0.5) is 0 Å². The van der Waals surface area contributed by atoms with Gasteiger partial charge in [0, 0.05) is 25.7 Å². The van der Waals surface area contributed by atoms with Crippen LogP contribution in [0.2, 0.25) is 0 Å². The van der Waals surface area contributed by atoms with Gasteiger partial charge in [-0.05, 0) is 43.0 Å². The number of nitrogens with one attached hydrogen (secondary N) is 1. The summed E-state index contributed by atoms with van der Waals surface area (Å²) in [6.45, 7) is 4.42. The molecule has 4 heteroatoms. The first-order chi connectivity index (χ1) is 9.26. The molecule has 1 aromatic carbocycles. The number of ether oxygens (including phenoxy) is 1. The summed E-state index contributed by atoms with van der Waals surface area (Å²) in [4.78, 5) is 2.50. The van der Waals surface area contributed by atoms with Crippen LogP contribution in [-0.2, 0) is 6.54 Å². The van der Waals surface area contributed by atoms with Gasteiger partial charge in [0.25, 0.3) is 0 Å². The number of likely N-dealkylation sites (tertiary alicyclic amines) is 1. The van der Waals surface area contributed by atoms with E-state index in [1.807, 2.05) is 12.1 Å². The highest BCUT2D eigenvalue weighted by molar-refractivity contribution is 5.41. The molecule has 2 heterocycles. The molecule has 0 radical (unpaired) electrons. The Hall–Kier alpha value is -1.26. The molecule has 0 spiro atoms. The number of hydrogen-bond donors (Lipinski definition) is 2. The predicted molar refractivity (Wildman–Crippen MR) is 74.5 cm³/mol. The first-order valence-corrected chi connectivity index (χ1v) is 7.08. The van der Waals surface area contributed by atoms with Gasteiger partial charge in [-0.3, -0.25) is 4.90 Å². The molecule has 3 rings (SSSR count). The van der Waals surface area contributed by atoms with E-state index in [0.29, 0.717) is 11.8 Å². The normalized spacial score (nSPS) is 27.2. The summed E-state index contributed by atoms with van der Waals surface area (Å²) < 4.78 is 5.16. The monoisotopic (exact) mass is 262 g/mol. The molecule has 2 aliphatic rings. The van der Waals surface area contributed by atoms with E-state index in [9.17, 15) is 5.11 Å². The Bertz CT molecular complexity index is 436. The first kappa shape index (κ1) is 12.8. The zero-order valence-electron chi connectivity index (χ0n) is 11.4. The Balaban J connectivity index is 1.65. The van der Waals surface area contributed by atoms with Gasteiger partial charge in [0.05, 0.1) is 7.11 Å². The van der Waals surface area contributed by atoms with E-state index in [1.165, 1.54) is 31.5 Å². The zero-order chi connectivity index (χ0) is 13.2. The van der Waals surface area contributed by atoms with Gasteiger partial charge in [-0.15, -0.1) is 0 Å². The molecule has 0 bridgehead atoms. The molecule has 0 unspecified atom stereocenters. The maximum atomic E-state index is 9.62. The van der Waals surface area contributed by atoms with Crippen molar-refractivity contribution in [2.24, 2.45) is 5.92 Å². The lowest BCUT2D eigenvalue weighted by molar-refractivity contribution is 0.311. The van der Waals surface area contributed by atoms with Crippen molar-refractivity contribution in [1.29, 1.82) is 0 Å². The second kappa shape index (κ2) is 5.39. The summed E-state index contributed by atoms with van der Waals surface area (Å²) in [6, 6.07) is 6.31. The third-order valence-electron chi connectivity index (χ3n) is 4.33. The average molecular weight is 262 g/mol. The Morgan fingerprint density at radius 3 is 3.11 bits per heavy atom. The van der Waals surface area contributed by atoms with Crippen molar-refractivity contribution in [3.05, 3.63) is 23.8 Å². The van der Waals surface area contributed by atoms with E-state index in [1.54, 1.807) is 13.2 Å². The number of methoxy groups -OCH3 is 1. The van der Waals surface area contributed by atoms with Crippen molar-refractivity contribution in [3.63, 3.8) is 0 Å². The molecule has 0 saturated carbocycles. The van der Waals surface area contributed by atoms with Gasteiger partial charge in [0.2, 0.25) is 0 Å². The Kier molecular flexibility index (Phi) is 3.62. The second-order valence-electron chi connectivity index (χ2n) is 5.66. The van der Waals surface area contributed by atoms with E-state index in [0.717, 1.165) is 19.0 Å². The van der Waals surface area contributed by atoms with E-state index in [4.69, 9.17) is 4.74 Å². The van der Waals surface area contributed by atoms with Gasteiger partial charge in [-0.25, -0.2) is 0 Å². The van der Waals surface area contributed by atoms with Gasteiger partial charge < -0.3 is 15.2 Å². The van der Waals surface area contributed by atoms with Crippen LogP contribution < -0.4 is 10.1 Å². The van der Waals surface area contributed by atoms with E-state index in [2.05, 4.69) is 10.2 Å². The Morgan fingerprint density at radius 2 is 2.32 bits per heavy atom. The topological polar surface area (TPSA) is 44.7 Å². The highest BCUT2D eigenvalue weighted by Crippen LogP contribution is 2.29. The van der Waals surface area contributed by atoms with Gasteiger partial charge >= 0.3 is 0 Å². The van der Waals surface area contributed by atoms with Crippen LogP contribution in [0.25, 0.3) is 0 Å². The number of phenolic OH excluding ortho intramolecular Hbond substituents is 1. The van der Waals surface area contributed by atoms with Crippen molar-refractivity contribution in [3.8, 4) is 11.5 Å². The lowest BCUT2D eigenvalue weighted by Gasteiger charge is -2.24. The molecule has 0 amide bonds. The average Bonchev–Trinajstić information content (AvgIpc) is 2.83. The van der Waals surface area contributed by atoms with Crippen LogP contribution in [0.15, 0.2) is 18.2 Å². The number of phenols is 1. The van der Waals surface area contributed by atoms with Crippen LogP contribution in [0, 0.1) is 5.92 Å². The summed E-state index contributed by atoms with van der Waals surface area (Å²) in [7, 11) is 1.59. The highest BCUT2D eigenvalue weighted by atomic mass is 16.5. The number of benzene rings is 1. The molecule has 2 saturated heterocycles. The van der Waals surface area contributed by atoms with Crippen LogP contribution in [0.5, 0.6) is 11.5 Å². The molecule has 19 heavy (non-hydrogen) atoms. The molecule has 4 nitrogen and oxygen atoms in total. The minimum atomic E-state index is 0.211. The van der Waals surface area contributed by atoms with Crippen LogP contribution in [-0.4, -0.2) is 42.8 Å². The minimum absolute atomic E-state index is 0.211. The van der Waals surface area contributed by atoms with Gasteiger partial charge in [-0.2, -0.15) is 0 Å². The molecular formula is C15H22N2O2. The van der Waals surface area contributed by atoms with Crippen LogP contribution in [0.3, 0.4) is 0 Å². The Morgan fingerprint density at radius 1 is 1.42 bits per heavy atom. The number of aromatic hydroxyl groups is 1. The van der Waals surface area contributed by atoms with Crippen molar-refractivity contribution in [2.45, 2.75) is 25.4 Å². The molecule has 0 aliphatic carbocycles. The molecule has 104 valence electrons. The lowest BCUT2D eigenvalue weighted by Crippen LogP contribution is -2.40. The standard InChI is InChI=1S/C15H22N2O2/c1-19-15-7-11(4-5-14(15)18)8-17-9-12-3-2-6-16-13(12)10-17/h4-5,7,12-13,16,18H,2-3,6,8-10H2,1H3/t12-,13+/m0/s1. The largest absolute Gasteiger partial charge is 0.504 e. The smallest absolute Gasteiger partial charge is 0.160 e. The third-order valence-corrected chi connectivity index (χ3v) is 4.33. The third kappa shape index (κ3) is 2.69. The van der Waals surface area contributed by atoms with Crippen molar-refractivity contribution in [1.82, 2.24) is 10.2 Å². The summed E-state index contributed by atoms with van der Waals surface area (Å²) in [6.07, 6.45) is 2.66. The van der Waals surface area contributed by atoms with Gasteiger partial charge in [0.1, 0.15) is 0 Å². The summed E-state index contributed by atoms with van der Waals surface area (Å²) in [5, 5.41) is 13.2. The maximum Gasteiger partial charge on any atom is 0.160 e. The quantitative estimate of drug-likeness (QED) is 0.868. The predicted octanol–water partition coefficient (Wildman–Crippen LogP) is 1.58. The SMILES string of the molecule is COc1cc(CN2C[C@@H]3CCCN[C@@H]3C2)ccc1O. The zero-order valence-corrected chi connectivity index (χ0v) is 11.4. The fraction of sp³-hybridized carbons (Fsp3) is 0.600. The Labute approximate surface area is 114 Å². The van der Waals surface area contributed by atoms with E-state index < -0.39 is 0 Å². The first-order valence-electron chi connectivity index (χ1n) is 7.08. The number of rotatable bonds is 3. The fourth-order valence-electron chi connectivity index (χ4n) is 3.34. The molecule has 2 fully saturated rings. The van der Waals surface area contributed by atoms with E-state index >= 15 is 0 Å². The van der Waals surface area contributed by atoms with Gasteiger partial charge in [-0.1, -0.05) is 6.07 Å². The lowest BCUT2D eigenvalue weighted by atomic mass is 9.94. The van der Waals surface area contributed by atoms with Crippen molar-refractivity contribution < 1.29 is 9.84 Å². The second-order valence-corrected chi connectivity index (χ2v) is 5.66. The molecule has 2 N–H and O–H groups in total. The molecule has 2 aliphatic heterocycles.